The highest BCUT2D eigenvalue weighted by molar-refractivity contribution is 14.0. The molecule has 3 N–H and O–H groups in total. The van der Waals surface area contributed by atoms with E-state index in [2.05, 4.69) is 26.9 Å². The molecule has 0 unspecified atom stereocenters. The van der Waals surface area contributed by atoms with E-state index in [1.54, 1.807) is 6.07 Å². The molecule has 0 fully saturated rings. The van der Waals surface area contributed by atoms with Gasteiger partial charge in [-0.2, -0.15) is 0 Å². The molecule has 0 spiro atoms. The number of benzene rings is 1. The third-order valence-corrected chi connectivity index (χ3v) is 2.80. The Kier molecular flexibility index (Phi) is 10.1. The Morgan fingerprint density at radius 1 is 1.29 bits per heavy atom. The molecule has 6 heteroatoms. The number of terminal acetylenes is 1. The molecule has 0 saturated carbocycles. The van der Waals surface area contributed by atoms with Crippen LogP contribution in [-0.4, -0.2) is 30.5 Å². The van der Waals surface area contributed by atoms with Gasteiger partial charge in [0.25, 0.3) is 5.91 Å². The van der Waals surface area contributed by atoms with Crippen molar-refractivity contribution >= 4 is 35.8 Å². The fourth-order valence-electron chi connectivity index (χ4n) is 1.87. The number of hydrogen-bond acceptors (Lipinski definition) is 2. The average molecular weight is 442 g/mol. The third kappa shape index (κ3) is 8.77. The number of aliphatic imine (C=N–C) groups is 1. The SMILES string of the molecule is C#CCNC(=NCc1cccc(C(=O)NC(C)(C)C)c1)NCC.I. The van der Waals surface area contributed by atoms with Crippen molar-refractivity contribution in [1.82, 2.24) is 16.0 Å². The van der Waals surface area contributed by atoms with Crippen molar-refractivity contribution in [1.29, 1.82) is 0 Å². The zero-order valence-corrected chi connectivity index (χ0v) is 17.1. The van der Waals surface area contributed by atoms with Crippen LogP contribution in [-0.2, 0) is 6.54 Å². The average Bonchev–Trinajstić information content (AvgIpc) is 2.48. The van der Waals surface area contributed by atoms with Crippen LogP contribution in [0.25, 0.3) is 0 Å². The molecule has 0 saturated heterocycles. The number of amides is 1. The molecule has 132 valence electrons. The summed E-state index contributed by atoms with van der Waals surface area (Å²) in [5, 5.41) is 9.11. The zero-order chi connectivity index (χ0) is 17.3. The summed E-state index contributed by atoms with van der Waals surface area (Å²) in [6, 6.07) is 7.47. The minimum atomic E-state index is -0.261. The van der Waals surface area contributed by atoms with E-state index in [0.717, 1.165) is 12.1 Å². The van der Waals surface area contributed by atoms with E-state index >= 15 is 0 Å². The number of nitrogens with zero attached hydrogens (tertiary/aromatic N) is 1. The summed E-state index contributed by atoms with van der Waals surface area (Å²) < 4.78 is 0. The van der Waals surface area contributed by atoms with Gasteiger partial charge in [0.1, 0.15) is 0 Å². The van der Waals surface area contributed by atoms with Crippen molar-refractivity contribution < 1.29 is 4.79 Å². The second kappa shape index (κ2) is 10.9. The Bertz CT molecular complexity index is 600. The van der Waals surface area contributed by atoms with Crippen LogP contribution in [0.15, 0.2) is 29.3 Å². The minimum Gasteiger partial charge on any atom is -0.357 e. The van der Waals surface area contributed by atoms with Crippen molar-refractivity contribution in [2.75, 3.05) is 13.1 Å². The lowest BCUT2D eigenvalue weighted by atomic mass is 10.1. The molecule has 0 heterocycles. The quantitative estimate of drug-likeness (QED) is 0.284. The summed E-state index contributed by atoms with van der Waals surface area (Å²) in [5.74, 6) is 3.09. The molecule has 0 radical (unpaired) electrons. The summed E-state index contributed by atoms with van der Waals surface area (Å²) >= 11 is 0. The smallest absolute Gasteiger partial charge is 0.251 e. The van der Waals surface area contributed by atoms with E-state index in [1.165, 1.54) is 0 Å². The molecule has 1 aromatic carbocycles. The van der Waals surface area contributed by atoms with Gasteiger partial charge in [-0.05, 0) is 45.4 Å². The van der Waals surface area contributed by atoms with Gasteiger partial charge in [-0.3, -0.25) is 4.79 Å². The van der Waals surface area contributed by atoms with Crippen molar-refractivity contribution in [2.24, 2.45) is 4.99 Å². The predicted molar refractivity (Wildman–Crippen MR) is 111 cm³/mol. The first kappa shape index (κ1) is 22.2. The lowest BCUT2D eigenvalue weighted by Gasteiger charge is -2.20. The molecule has 5 nitrogen and oxygen atoms in total. The van der Waals surface area contributed by atoms with Gasteiger partial charge < -0.3 is 16.0 Å². The predicted octanol–water partition coefficient (Wildman–Crippen LogP) is 2.52. The van der Waals surface area contributed by atoms with Crippen LogP contribution in [0.3, 0.4) is 0 Å². The first-order valence-corrected chi connectivity index (χ1v) is 7.73. The van der Waals surface area contributed by atoms with E-state index in [4.69, 9.17) is 6.42 Å². The summed E-state index contributed by atoms with van der Waals surface area (Å²) in [6.07, 6.45) is 5.24. The van der Waals surface area contributed by atoms with Gasteiger partial charge in [-0.25, -0.2) is 4.99 Å². The first-order valence-electron chi connectivity index (χ1n) is 7.73. The molecule has 0 atom stereocenters. The Hall–Kier alpha value is -1.75. The largest absolute Gasteiger partial charge is 0.357 e. The minimum absolute atomic E-state index is 0. The van der Waals surface area contributed by atoms with Crippen molar-refractivity contribution in [2.45, 2.75) is 39.8 Å². The molecule has 0 aromatic heterocycles. The highest BCUT2D eigenvalue weighted by Crippen LogP contribution is 2.09. The molecule has 0 bridgehead atoms. The Morgan fingerprint density at radius 2 is 2.00 bits per heavy atom. The van der Waals surface area contributed by atoms with Gasteiger partial charge in [0.15, 0.2) is 5.96 Å². The number of carbonyl (C=O) groups is 1. The highest BCUT2D eigenvalue weighted by Gasteiger charge is 2.15. The lowest BCUT2D eigenvalue weighted by Crippen LogP contribution is -2.40. The second-order valence-corrected chi connectivity index (χ2v) is 6.16. The van der Waals surface area contributed by atoms with Crippen molar-refractivity contribution in [3.63, 3.8) is 0 Å². The van der Waals surface area contributed by atoms with Gasteiger partial charge in [0.05, 0.1) is 13.1 Å². The Morgan fingerprint density at radius 3 is 2.58 bits per heavy atom. The fourth-order valence-corrected chi connectivity index (χ4v) is 1.87. The van der Waals surface area contributed by atoms with Crippen molar-refractivity contribution in [3.8, 4) is 12.3 Å². The molecule has 0 aliphatic rings. The molecule has 1 aromatic rings. The lowest BCUT2D eigenvalue weighted by molar-refractivity contribution is 0.0919. The summed E-state index contributed by atoms with van der Waals surface area (Å²) in [7, 11) is 0. The van der Waals surface area contributed by atoms with E-state index in [-0.39, 0.29) is 35.4 Å². The van der Waals surface area contributed by atoms with E-state index in [9.17, 15) is 4.79 Å². The summed E-state index contributed by atoms with van der Waals surface area (Å²) in [4.78, 5) is 16.7. The first-order chi connectivity index (χ1) is 10.9. The second-order valence-electron chi connectivity index (χ2n) is 6.16. The van der Waals surface area contributed by atoms with Crippen LogP contribution in [0.5, 0.6) is 0 Å². The van der Waals surface area contributed by atoms with Crippen molar-refractivity contribution in [3.05, 3.63) is 35.4 Å². The van der Waals surface area contributed by atoms with Crippen LogP contribution < -0.4 is 16.0 Å². The number of carbonyl (C=O) groups excluding carboxylic acids is 1. The molecule has 1 amide bonds. The molecule has 0 aliphatic heterocycles. The van der Waals surface area contributed by atoms with E-state index in [1.807, 2.05) is 45.9 Å². The topological polar surface area (TPSA) is 65.5 Å². The monoisotopic (exact) mass is 442 g/mol. The van der Waals surface area contributed by atoms with Crippen LogP contribution in [0.1, 0.15) is 43.6 Å². The molecule has 0 aliphatic carbocycles. The van der Waals surface area contributed by atoms with Gasteiger partial charge in [0, 0.05) is 17.6 Å². The van der Waals surface area contributed by atoms with Gasteiger partial charge in [0.2, 0.25) is 0 Å². The van der Waals surface area contributed by atoms with Crippen LogP contribution in [0.4, 0.5) is 0 Å². The molecular weight excluding hydrogens is 415 g/mol. The standard InChI is InChI=1S/C18H26N4O.HI/c1-6-11-20-17(19-7-2)21-13-14-9-8-10-15(12-14)16(23)22-18(3,4)5;/h1,8-10,12H,7,11,13H2,2-5H3,(H,22,23)(H2,19,20,21);1H. The maximum atomic E-state index is 12.2. The highest BCUT2D eigenvalue weighted by atomic mass is 127. The van der Waals surface area contributed by atoms with Gasteiger partial charge >= 0.3 is 0 Å². The molecule has 1 rings (SSSR count). The number of nitrogens with one attached hydrogen (secondary N) is 3. The zero-order valence-electron chi connectivity index (χ0n) is 14.8. The normalized spacial score (nSPS) is 11.0. The van der Waals surface area contributed by atoms with E-state index in [0.29, 0.717) is 24.6 Å². The summed E-state index contributed by atoms with van der Waals surface area (Å²) in [5.41, 5.74) is 1.33. The number of rotatable bonds is 5. The fraction of sp³-hybridized carbons (Fsp3) is 0.444. The van der Waals surface area contributed by atoms with Gasteiger partial charge in [-0.15, -0.1) is 30.4 Å². The van der Waals surface area contributed by atoms with Gasteiger partial charge in [-0.1, -0.05) is 18.1 Å². The number of hydrogen-bond donors (Lipinski definition) is 3. The van der Waals surface area contributed by atoms with Crippen LogP contribution in [0.2, 0.25) is 0 Å². The van der Waals surface area contributed by atoms with E-state index < -0.39 is 0 Å². The Balaban J connectivity index is 0.00000529. The number of guanidine groups is 1. The number of halogens is 1. The van der Waals surface area contributed by atoms with Crippen LogP contribution >= 0.6 is 24.0 Å². The Labute approximate surface area is 162 Å². The maximum Gasteiger partial charge on any atom is 0.251 e. The van der Waals surface area contributed by atoms with Crippen LogP contribution in [0, 0.1) is 12.3 Å². The molecule has 24 heavy (non-hydrogen) atoms. The third-order valence-electron chi connectivity index (χ3n) is 2.80. The maximum absolute atomic E-state index is 12.2. The molecular formula is C18H27IN4O. The summed E-state index contributed by atoms with van der Waals surface area (Å²) in [6.45, 7) is 9.50.